The average Bonchev–Trinajstić information content (AvgIpc) is 3.26. The standard InChI is InChI=1S/C25H20N4O3/c30-18-12-7-13-19-22(18)21(16-8-3-1-4-9-16)23-24-27-20(14-31-17-10-5-2-6-11-17)28-29(24)15-26-25(23)32-19/h1-6,8-11,15,21H,7,12-14H2/t21-/m0/s1. The molecule has 0 unspecified atom stereocenters. The summed E-state index contributed by atoms with van der Waals surface area (Å²) in [7, 11) is 0. The van der Waals surface area contributed by atoms with Crippen molar-refractivity contribution in [2.45, 2.75) is 31.8 Å². The van der Waals surface area contributed by atoms with Crippen molar-refractivity contribution in [3.05, 3.63) is 95.3 Å². The fraction of sp³-hybridized carbons (Fsp3) is 0.200. The lowest BCUT2D eigenvalue weighted by molar-refractivity contribution is -0.116. The number of hydrogen-bond acceptors (Lipinski definition) is 6. The number of hydrogen-bond donors (Lipinski definition) is 0. The molecule has 6 rings (SSSR count). The number of nitrogens with zero attached hydrogens (tertiary/aromatic N) is 4. The second kappa shape index (κ2) is 7.60. The van der Waals surface area contributed by atoms with Crippen LogP contribution in [-0.2, 0) is 11.4 Å². The Kier molecular flexibility index (Phi) is 4.45. The van der Waals surface area contributed by atoms with Gasteiger partial charge in [0.05, 0.1) is 5.56 Å². The van der Waals surface area contributed by atoms with Crippen LogP contribution in [0.25, 0.3) is 5.65 Å². The van der Waals surface area contributed by atoms with E-state index in [1.807, 2.05) is 60.7 Å². The van der Waals surface area contributed by atoms with Gasteiger partial charge in [-0.2, -0.15) is 0 Å². The summed E-state index contributed by atoms with van der Waals surface area (Å²) < 4.78 is 13.6. The molecule has 32 heavy (non-hydrogen) atoms. The van der Waals surface area contributed by atoms with Gasteiger partial charge in [-0.05, 0) is 24.1 Å². The maximum Gasteiger partial charge on any atom is 0.228 e. The molecule has 0 radical (unpaired) electrons. The molecule has 7 heteroatoms. The lowest BCUT2D eigenvalue weighted by atomic mass is 9.78. The van der Waals surface area contributed by atoms with Crippen LogP contribution in [0, 0.1) is 0 Å². The largest absolute Gasteiger partial charge is 0.486 e. The Labute approximate surface area is 184 Å². The van der Waals surface area contributed by atoms with Crippen molar-refractivity contribution in [1.82, 2.24) is 19.6 Å². The predicted octanol–water partition coefficient (Wildman–Crippen LogP) is 4.23. The number of rotatable bonds is 4. The van der Waals surface area contributed by atoms with Gasteiger partial charge >= 0.3 is 0 Å². The topological polar surface area (TPSA) is 78.6 Å². The molecule has 0 fully saturated rings. The summed E-state index contributed by atoms with van der Waals surface area (Å²) >= 11 is 0. The summed E-state index contributed by atoms with van der Waals surface area (Å²) in [6.07, 6.45) is 3.66. The van der Waals surface area contributed by atoms with Crippen molar-refractivity contribution < 1.29 is 14.3 Å². The highest BCUT2D eigenvalue weighted by Gasteiger charge is 2.39. The van der Waals surface area contributed by atoms with Crippen LogP contribution in [0.5, 0.6) is 11.6 Å². The summed E-state index contributed by atoms with van der Waals surface area (Å²) in [4.78, 5) is 22.3. The molecule has 0 saturated heterocycles. The Balaban J connectivity index is 1.47. The average molecular weight is 424 g/mol. The quantitative estimate of drug-likeness (QED) is 0.488. The molecule has 0 amide bonds. The first kappa shape index (κ1) is 18.7. The van der Waals surface area contributed by atoms with Crippen LogP contribution in [0.4, 0.5) is 0 Å². The zero-order valence-corrected chi connectivity index (χ0v) is 17.3. The maximum atomic E-state index is 13.0. The minimum Gasteiger partial charge on any atom is -0.486 e. The van der Waals surface area contributed by atoms with E-state index >= 15 is 0 Å². The smallest absolute Gasteiger partial charge is 0.228 e. The highest BCUT2D eigenvalue weighted by atomic mass is 16.5. The van der Waals surface area contributed by atoms with Crippen LogP contribution >= 0.6 is 0 Å². The van der Waals surface area contributed by atoms with Crippen LogP contribution in [-0.4, -0.2) is 25.4 Å². The van der Waals surface area contributed by atoms with Gasteiger partial charge in [0.25, 0.3) is 0 Å². The Morgan fingerprint density at radius 1 is 1.03 bits per heavy atom. The molecular weight excluding hydrogens is 404 g/mol. The monoisotopic (exact) mass is 424 g/mol. The van der Waals surface area contributed by atoms with Gasteiger partial charge in [-0.3, -0.25) is 4.79 Å². The Morgan fingerprint density at radius 2 is 1.81 bits per heavy atom. The first-order chi connectivity index (χ1) is 15.8. The molecule has 2 aliphatic rings. The number of carbonyl (C=O) groups is 1. The number of ketones is 1. The van der Waals surface area contributed by atoms with E-state index < -0.39 is 0 Å². The molecule has 2 aromatic carbocycles. The van der Waals surface area contributed by atoms with Crippen LogP contribution in [0.1, 0.15) is 42.1 Å². The lowest BCUT2D eigenvalue weighted by Crippen LogP contribution is -2.26. The van der Waals surface area contributed by atoms with Gasteiger partial charge in [0.1, 0.15) is 24.4 Å². The molecular formula is C25H20N4O3. The molecule has 2 aromatic heterocycles. The summed E-state index contributed by atoms with van der Waals surface area (Å²) in [5, 5.41) is 4.55. The molecule has 0 spiro atoms. The molecule has 3 heterocycles. The van der Waals surface area contributed by atoms with E-state index in [1.54, 1.807) is 10.8 Å². The molecule has 1 aliphatic heterocycles. The highest BCUT2D eigenvalue weighted by molar-refractivity contribution is 6.00. The predicted molar refractivity (Wildman–Crippen MR) is 116 cm³/mol. The zero-order chi connectivity index (χ0) is 21.5. The molecule has 1 atom stereocenters. The first-order valence-corrected chi connectivity index (χ1v) is 10.7. The minimum absolute atomic E-state index is 0.125. The zero-order valence-electron chi connectivity index (χ0n) is 17.3. The number of benzene rings is 2. The fourth-order valence-electron chi connectivity index (χ4n) is 4.47. The van der Waals surface area contributed by atoms with Gasteiger partial charge in [0.15, 0.2) is 17.3 Å². The van der Waals surface area contributed by atoms with Crippen molar-refractivity contribution in [1.29, 1.82) is 0 Å². The third-order valence-electron chi connectivity index (χ3n) is 5.88. The molecule has 7 nitrogen and oxygen atoms in total. The third-order valence-corrected chi connectivity index (χ3v) is 5.88. The van der Waals surface area contributed by atoms with E-state index in [-0.39, 0.29) is 18.3 Å². The summed E-state index contributed by atoms with van der Waals surface area (Å²) in [6, 6.07) is 19.6. The van der Waals surface area contributed by atoms with Gasteiger partial charge in [-0.15, -0.1) is 5.10 Å². The maximum absolute atomic E-state index is 13.0. The van der Waals surface area contributed by atoms with Crippen LogP contribution in [0.2, 0.25) is 0 Å². The van der Waals surface area contributed by atoms with E-state index in [4.69, 9.17) is 14.5 Å². The Hall–Kier alpha value is -4.00. The number of para-hydroxylation sites is 1. The van der Waals surface area contributed by atoms with Crippen LogP contribution < -0.4 is 9.47 Å². The SMILES string of the molecule is O=C1CCCC2=C1[C@H](c1ccccc1)c1c(ncn3nc(COc4ccccc4)nc13)O2. The molecule has 0 bridgehead atoms. The van der Waals surface area contributed by atoms with Crippen molar-refractivity contribution in [2.75, 3.05) is 0 Å². The second-order valence-electron chi connectivity index (χ2n) is 7.92. The number of fused-ring (bicyclic) bond motifs is 3. The van der Waals surface area contributed by atoms with E-state index in [0.29, 0.717) is 23.8 Å². The van der Waals surface area contributed by atoms with E-state index in [2.05, 4.69) is 10.1 Å². The summed E-state index contributed by atoms with van der Waals surface area (Å²) in [5.41, 5.74) is 3.13. The number of ether oxygens (including phenoxy) is 2. The van der Waals surface area contributed by atoms with Gasteiger partial charge in [-0.25, -0.2) is 14.5 Å². The number of carbonyl (C=O) groups excluding carboxylic acids is 1. The normalized spacial score (nSPS) is 17.6. The summed E-state index contributed by atoms with van der Waals surface area (Å²) in [6.45, 7) is 0.226. The number of aromatic nitrogens is 4. The van der Waals surface area contributed by atoms with Crippen molar-refractivity contribution in [3.8, 4) is 11.6 Å². The third kappa shape index (κ3) is 3.13. The van der Waals surface area contributed by atoms with E-state index in [9.17, 15) is 4.79 Å². The molecule has 0 saturated carbocycles. The first-order valence-electron chi connectivity index (χ1n) is 10.7. The fourth-order valence-corrected chi connectivity index (χ4v) is 4.47. The van der Waals surface area contributed by atoms with Gasteiger partial charge in [0.2, 0.25) is 5.88 Å². The summed E-state index contributed by atoms with van der Waals surface area (Å²) in [5.74, 6) is 2.34. The highest BCUT2D eigenvalue weighted by Crippen LogP contribution is 2.46. The van der Waals surface area contributed by atoms with Crippen molar-refractivity contribution >= 4 is 11.4 Å². The lowest BCUT2D eigenvalue weighted by Gasteiger charge is -2.31. The molecule has 158 valence electrons. The molecule has 1 aliphatic carbocycles. The molecule has 0 N–H and O–H groups in total. The van der Waals surface area contributed by atoms with Gasteiger partial charge in [-0.1, -0.05) is 48.5 Å². The van der Waals surface area contributed by atoms with Crippen molar-refractivity contribution in [2.24, 2.45) is 0 Å². The minimum atomic E-state index is -0.286. The van der Waals surface area contributed by atoms with Crippen molar-refractivity contribution in [3.63, 3.8) is 0 Å². The Morgan fingerprint density at radius 3 is 2.62 bits per heavy atom. The number of Topliss-reactive ketones (excluding diaryl/α,β-unsaturated/α-hetero) is 1. The van der Waals surface area contributed by atoms with E-state index in [0.717, 1.165) is 41.1 Å². The van der Waals surface area contributed by atoms with Gasteiger partial charge < -0.3 is 9.47 Å². The second-order valence-corrected chi connectivity index (χ2v) is 7.92. The van der Waals surface area contributed by atoms with Crippen LogP contribution in [0.3, 0.4) is 0 Å². The van der Waals surface area contributed by atoms with E-state index in [1.165, 1.54) is 0 Å². The van der Waals surface area contributed by atoms with Crippen LogP contribution in [0.15, 0.2) is 78.3 Å². The van der Waals surface area contributed by atoms with Gasteiger partial charge in [0, 0.05) is 24.3 Å². The molecule has 4 aromatic rings. The Bertz CT molecular complexity index is 1350. The number of allylic oxidation sites excluding steroid dienone is 2.